The summed E-state index contributed by atoms with van der Waals surface area (Å²) in [5.74, 6) is -48.8. The van der Waals surface area contributed by atoms with Crippen LogP contribution in [0.1, 0.15) is 55.2 Å². The van der Waals surface area contributed by atoms with Gasteiger partial charge in [-0.1, -0.05) is 26.2 Å². The molecule has 1 unspecified atom stereocenters. The summed E-state index contributed by atoms with van der Waals surface area (Å²) in [6.07, 6.45) is -1.62. The number of halogens is 15. The van der Waals surface area contributed by atoms with Crippen LogP contribution in [0.3, 0.4) is 0 Å². The standard InChI is InChI=1S/C26H14BF15O3/c1-2-3-4-5-6(8-11(28)17(34)23(40)18(35)12(8)29)7(9-13(30)19(36)24(41)20(37)14(9)31)26(45-27(43)44)10-15(32)21(38)25(42)22(39)16(10)33/h6,43-44H,2-5H2,1H3. The van der Waals surface area contributed by atoms with Crippen molar-refractivity contribution < 1.29 is 80.6 Å². The number of hydrogen-bond donors (Lipinski definition) is 2. The SMILES string of the molecule is CCCCCC(C(=C(OB(O)O)c1c(F)c(F)c(F)c(F)c1F)c1c(F)c(F)c(F)c(F)c1F)c1c(F)c(F)c(F)c(F)c1F. The van der Waals surface area contributed by atoms with E-state index in [1.165, 1.54) is 6.92 Å². The minimum absolute atomic E-state index is 0.0857. The van der Waals surface area contributed by atoms with Crippen LogP contribution < -0.4 is 0 Å². The normalized spacial score (nSPS) is 12.8. The summed E-state index contributed by atoms with van der Waals surface area (Å²) in [6, 6.07) is 0. The van der Waals surface area contributed by atoms with Crippen molar-refractivity contribution in [3.05, 3.63) is 104 Å². The van der Waals surface area contributed by atoms with Crippen LogP contribution in [0.5, 0.6) is 0 Å². The van der Waals surface area contributed by atoms with E-state index in [-0.39, 0.29) is 12.8 Å². The maximum Gasteiger partial charge on any atom is 0.707 e. The van der Waals surface area contributed by atoms with Crippen molar-refractivity contribution >= 4 is 18.7 Å². The molecule has 3 rings (SSSR count). The van der Waals surface area contributed by atoms with Crippen molar-refractivity contribution in [2.75, 3.05) is 0 Å². The molecule has 3 aromatic rings. The number of hydrogen-bond acceptors (Lipinski definition) is 3. The Kier molecular flexibility index (Phi) is 10.8. The highest BCUT2D eigenvalue weighted by Crippen LogP contribution is 2.48. The van der Waals surface area contributed by atoms with Crippen LogP contribution in [0, 0.1) is 87.3 Å². The average Bonchev–Trinajstić information content (AvgIpc) is 3.00. The molecule has 3 nitrogen and oxygen atoms in total. The van der Waals surface area contributed by atoms with Gasteiger partial charge in [-0.15, -0.1) is 0 Å². The Morgan fingerprint density at radius 2 is 0.844 bits per heavy atom. The Morgan fingerprint density at radius 1 is 0.511 bits per heavy atom. The summed E-state index contributed by atoms with van der Waals surface area (Å²) in [7, 11) is -3.53. The Hall–Kier alpha value is -3.87. The van der Waals surface area contributed by atoms with Gasteiger partial charge in [-0.3, -0.25) is 0 Å². The first-order valence-electron chi connectivity index (χ1n) is 12.2. The molecule has 0 radical (unpaired) electrons. The molecule has 0 heterocycles. The lowest BCUT2D eigenvalue weighted by atomic mass is 9.79. The van der Waals surface area contributed by atoms with E-state index in [1.54, 1.807) is 0 Å². The van der Waals surface area contributed by atoms with Crippen LogP contribution in [-0.4, -0.2) is 17.4 Å². The fourth-order valence-electron chi connectivity index (χ4n) is 4.41. The Balaban J connectivity index is 2.80. The Morgan fingerprint density at radius 3 is 1.20 bits per heavy atom. The number of benzene rings is 3. The number of unbranched alkanes of at least 4 members (excludes halogenated alkanes) is 2. The van der Waals surface area contributed by atoms with Gasteiger partial charge in [0.15, 0.2) is 69.8 Å². The lowest BCUT2D eigenvalue weighted by Crippen LogP contribution is -2.23. The number of allylic oxidation sites excluding steroid dienone is 1. The van der Waals surface area contributed by atoms with Crippen LogP contribution in [0.4, 0.5) is 65.9 Å². The monoisotopic (exact) mass is 670 g/mol. The molecule has 1 atom stereocenters. The highest BCUT2D eigenvalue weighted by atomic mass is 19.2. The third-order valence-electron chi connectivity index (χ3n) is 6.42. The van der Waals surface area contributed by atoms with Crippen molar-refractivity contribution in [2.24, 2.45) is 0 Å². The van der Waals surface area contributed by atoms with Crippen molar-refractivity contribution in [1.82, 2.24) is 0 Å². The van der Waals surface area contributed by atoms with Gasteiger partial charge in [0.1, 0.15) is 5.76 Å². The van der Waals surface area contributed by atoms with E-state index >= 15 is 26.3 Å². The molecule has 0 aliphatic heterocycles. The molecule has 0 spiro atoms. The molecule has 2 N–H and O–H groups in total. The maximum atomic E-state index is 15.3. The molecule has 3 aromatic carbocycles. The zero-order valence-corrected chi connectivity index (χ0v) is 22.0. The van der Waals surface area contributed by atoms with Crippen LogP contribution >= 0.6 is 0 Å². The summed E-state index contributed by atoms with van der Waals surface area (Å²) in [5.41, 5.74) is -9.36. The van der Waals surface area contributed by atoms with Crippen LogP contribution in [-0.2, 0) is 4.65 Å². The maximum absolute atomic E-state index is 15.3. The Labute approximate surface area is 242 Å². The molecular weight excluding hydrogens is 656 g/mol. The molecular formula is C26H14BF15O3. The minimum atomic E-state index is -3.53. The number of rotatable bonds is 10. The molecule has 0 aromatic heterocycles. The lowest BCUT2D eigenvalue weighted by Gasteiger charge is -2.27. The quantitative estimate of drug-likeness (QED) is 0.0438. The minimum Gasteiger partial charge on any atom is -0.511 e. The van der Waals surface area contributed by atoms with Crippen LogP contribution in [0.15, 0.2) is 0 Å². The van der Waals surface area contributed by atoms with E-state index in [1.807, 2.05) is 0 Å². The van der Waals surface area contributed by atoms with Gasteiger partial charge < -0.3 is 14.7 Å². The molecule has 0 saturated carbocycles. The van der Waals surface area contributed by atoms with Gasteiger partial charge in [0, 0.05) is 17.1 Å². The van der Waals surface area contributed by atoms with Gasteiger partial charge in [0.05, 0.1) is 11.1 Å². The smallest absolute Gasteiger partial charge is 0.511 e. The van der Waals surface area contributed by atoms with E-state index < -0.39 is 141 Å². The summed E-state index contributed by atoms with van der Waals surface area (Å²) in [5, 5.41) is 18.9. The zero-order valence-electron chi connectivity index (χ0n) is 22.0. The third kappa shape index (κ3) is 6.19. The molecule has 0 fully saturated rings. The third-order valence-corrected chi connectivity index (χ3v) is 6.42. The van der Waals surface area contributed by atoms with Crippen molar-refractivity contribution in [3.8, 4) is 0 Å². The topological polar surface area (TPSA) is 49.7 Å². The molecule has 0 aliphatic carbocycles. The summed E-state index contributed by atoms with van der Waals surface area (Å²) in [4.78, 5) is 0. The van der Waals surface area contributed by atoms with Gasteiger partial charge in [-0.2, -0.15) is 0 Å². The van der Waals surface area contributed by atoms with Crippen molar-refractivity contribution in [1.29, 1.82) is 0 Å². The van der Waals surface area contributed by atoms with E-state index in [2.05, 4.69) is 4.65 Å². The fraction of sp³-hybridized carbons (Fsp3) is 0.231. The van der Waals surface area contributed by atoms with E-state index in [0.29, 0.717) is 0 Å². The zero-order chi connectivity index (χ0) is 34.2. The first-order valence-corrected chi connectivity index (χ1v) is 12.2. The second kappa shape index (κ2) is 13.6. The van der Waals surface area contributed by atoms with Crippen LogP contribution in [0.25, 0.3) is 11.3 Å². The van der Waals surface area contributed by atoms with E-state index in [0.717, 1.165) is 0 Å². The Bertz CT molecular complexity index is 1610. The van der Waals surface area contributed by atoms with Crippen molar-refractivity contribution in [3.63, 3.8) is 0 Å². The molecule has 45 heavy (non-hydrogen) atoms. The van der Waals surface area contributed by atoms with E-state index in [4.69, 9.17) is 0 Å². The summed E-state index contributed by atoms with van der Waals surface area (Å²) in [6.45, 7) is 1.46. The second-order valence-electron chi connectivity index (χ2n) is 9.11. The summed E-state index contributed by atoms with van der Waals surface area (Å²) >= 11 is 0. The molecule has 0 amide bonds. The van der Waals surface area contributed by atoms with Crippen molar-refractivity contribution in [2.45, 2.75) is 38.5 Å². The molecule has 19 heteroatoms. The molecule has 244 valence electrons. The first kappa shape index (κ1) is 35.6. The lowest BCUT2D eigenvalue weighted by molar-refractivity contribution is 0.267. The predicted molar refractivity (Wildman–Crippen MR) is 124 cm³/mol. The molecule has 0 bridgehead atoms. The van der Waals surface area contributed by atoms with Gasteiger partial charge >= 0.3 is 7.32 Å². The van der Waals surface area contributed by atoms with Gasteiger partial charge in [-0.25, -0.2) is 65.9 Å². The van der Waals surface area contributed by atoms with Crippen LogP contribution in [0.2, 0.25) is 0 Å². The largest absolute Gasteiger partial charge is 0.707 e. The molecule has 0 aliphatic rings. The predicted octanol–water partition coefficient (Wildman–Crippen LogP) is 7.99. The van der Waals surface area contributed by atoms with Gasteiger partial charge in [0.25, 0.3) is 0 Å². The van der Waals surface area contributed by atoms with E-state index in [9.17, 15) is 49.6 Å². The average molecular weight is 670 g/mol. The fourth-order valence-corrected chi connectivity index (χ4v) is 4.41. The summed E-state index contributed by atoms with van der Waals surface area (Å²) < 4.78 is 222. The second-order valence-corrected chi connectivity index (χ2v) is 9.11. The highest BCUT2D eigenvalue weighted by molar-refractivity contribution is 6.34. The first-order chi connectivity index (χ1) is 20.9. The highest BCUT2D eigenvalue weighted by Gasteiger charge is 2.41. The van der Waals surface area contributed by atoms with Gasteiger partial charge in [-0.05, 0) is 6.42 Å². The molecule has 0 saturated heterocycles. The van der Waals surface area contributed by atoms with Gasteiger partial charge in [0.2, 0.25) is 17.5 Å².